The van der Waals surface area contributed by atoms with Gasteiger partial charge in [-0.05, 0) is 23.8 Å². The molecule has 21 heavy (non-hydrogen) atoms. The quantitative estimate of drug-likeness (QED) is 0.905. The summed E-state index contributed by atoms with van der Waals surface area (Å²) < 4.78 is 10.9. The van der Waals surface area contributed by atoms with Gasteiger partial charge in [-0.25, -0.2) is 4.79 Å². The van der Waals surface area contributed by atoms with Crippen molar-refractivity contribution in [1.29, 1.82) is 0 Å². The first-order chi connectivity index (χ1) is 10.1. The maximum atomic E-state index is 11.1. The van der Waals surface area contributed by atoms with E-state index in [-0.39, 0.29) is 0 Å². The van der Waals surface area contributed by atoms with Gasteiger partial charge in [-0.15, -0.1) is 0 Å². The second-order valence-corrected chi connectivity index (χ2v) is 4.77. The smallest absolute Gasteiger partial charge is 0.336 e. The van der Waals surface area contributed by atoms with Gasteiger partial charge in [0.1, 0.15) is 11.5 Å². The molecule has 2 aromatic rings. The van der Waals surface area contributed by atoms with Crippen molar-refractivity contribution in [2.45, 2.75) is 12.2 Å². The summed E-state index contributed by atoms with van der Waals surface area (Å²) in [7, 11) is 1.58. The number of rotatable bonds is 3. The lowest BCUT2D eigenvalue weighted by Crippen LogP contribution is -2.33. The molecule has 2 unspecified atom stereocenters. The predicted molar refractivity (Wildman–Crippen MR) is 75.4 cm³/mol. The third kappa shape index (κ3) is 2.21. The van der Waals surface area contributed by atoms with Gasteiger partial charge in [0, 0.05) is 11.1 Å². The highest BCUT2D eigenvalue weighted by molar-refractivity contribution is 5.80. The summed E-state index contributed by atoms with van der Waals surface area (Å²) in [4.78, 5) is 11.1. The van der Waals surface area contributed by atoms with Crippen LogP contribution in [0, 0.1) is 0 Å². The molecule has 0 bridgehead atoms. The SMILES string of the molecule is COc1ccc2c(c1)-c1ccccc1C(C(O)C(=O)O)O2. The van der Waals surface area contributed by atoms with Gasteiger partial charge in [0.25, 0.3) is 0 Å². The molecule has 108 valence electrons. The van der Waals surface area contributed by atoms with Crippen LogP contribution in [0.3, 0.4) is 0 Å². The van der Waals surface area contributed by atoms with E-state index in [2.05, 4.69) is 0 Å². The Balaban J connectivity index is 2.15. The van der Waals surface area contributed by atoms with Crippen LogP contribution in [0.15, 0.2) is 42.5 Å². The number of aliphatic hydroxyl groups excluding tert-OH is 1. The van der Waals surface area contributed by atoms with Crippen LogP contribution >= 0.6 is 0 Å². The lowest BCUT2D eigenvalue weighted by molar-refractivity contribution is -0.152. The van der Waals surface area contributed by atoms with Crippen molar-refractivity contribution in [3.05, 3.63) is 48.0 Å². The van der Waals surface area contributed by atoms with Gasteiger partial charge >= 0.3 is 5.97 Å². The average Bonchev–Trinajstić information content (AvgIpc) is 2.52. The number of hydrogen-bond donors (Lipinski definition) is 2. The molecule has 0 amide bonds. The van der Waals surface area contributed by atoms with Crippen molar-refractivity contribution < 1.29 is 24.5 Å². The van der Waals surface area contributed by atoms with Gasteiger partial charge in [-0.1, -0.05) is 24.3 Å². The topological polar surface area (TPSA) is 76.0 Å². The number of carboxylic acid groups (broad SMARTS) is 1. The van der Waals surface area contributed by atoms with Crippen molar-refractivity contribution in [3.63, 3.8) is 0 Å². The predicted octanol–water partition coefficient (Wildman–Crippen LogP) is 2.24. The minimum absolute atomic E-state index is 0.528. The molecule has 0 saturated heterocycles. The lowest BCUT2D eigenvalue weighted by Gasteiger charge is -2.30. The van der Waals surface area contributed by atoms with Crippen molar-refractivity contribution in [2.75, 3.05) is 7.11 Å². The molecule has 0 aliphatic carbocycles. The molecule has 5 nitrogen and oxygen atoms in total. The largest absolute Gasteiger partial charge is 0.497 e. The number of hydrogen-bond acceptors (Lipinski definition) is 4. The number of fused-ring (bicyclic) bond motifs is 3. The second kappa shape index (κ2) is 5.10. The summed E-state index contributed by atoms with van der Waals surface area (Å²) in [6.07, 6.45) is -2.55. The lowest BCUT2D eigenvalue weighted by atomic mass is 9.90. The van der Waals surface area contributed by atoms with Crippen molar-refractivity contribution in [1.82, 2.24) is 0 Å². The zero-order valence-corrected chi connectivity index (χ0v) is 11.3. The van der Waals surface area contributed by atoms with Crippen LogP contribution in [0.4, 0.5) is 0 Å². The van der Waals surface area contributed by atoms with Crippen LogP contribution in [-0.4, -0.2) is 29.4 Å². The first-order valence-electron chi connectivity index (χ1n) is 6.46. The number of methoxy groups -OCH3 is 1. The molecule has 0 spiro atoms. The standard InChI is InChI=1S/C16H14O5/c1-20-9-6-7-13-12(8-9)10-4-2-3-5-11(10)15(21-13)14(17)16(18)19/h2-8,14-15,17H,1H3,(H,18,19). The van der Waals surface area contributed by atoms with Gasteiger partial charge in [-0.2, -0.15) is 0 Å². The van der Waals surface area contributed by atoms with E-state index in [4.69, 9.17) is 14.6 Å². The van der Waals surface area contributed by atoms with Gasteiger partial charge < -0.3 is 19.7 Å². The van der Waals surface area contributed by atoms with Crippen LogP contribution in [0.2, 0.25) is 0 Å². The Hall–Kier alpha value is -2.53. The average molecular weight is 286 g/mol. The van der Waals surface area contributed by atoms with Crippen LogP contribution in [0.5, 0.6) is 11.5 Å². The minimum Gasteiger partial charge on any atom is -0.497 e. The molecule has 1 aliphatic heterocycles. The summed E-state index contributed by atoms with van der Waals surface area (Å²) >= 11 is 0. The van der Waals surface area contributed by atoms with Gasteiger partial charge in [0.05, 0.1) is 7.11 Å². The molecule has 2 atom stereocenters. The number of aliphatic carboxylic acids is 1. The van der Waals surface area contributed by atoms with Crippen molar-refractivity contribution in [3.8, 4) is 22.6 Å². The van der Waals surface area contributed by atoms with E-state index in [1.54, 1.807) is 31.4 Å². The Kier molecular flexibility index (Phi) is 3.27. The summed E-state index contributed by atoms with van der Waals surface area (Å²) in [5, 5.41) is 18.9. The summed E-state index contributed by atoms with van der Waals surface area (Å²) in [5.74, 6) is -0.101. The Bertz CT molecular complexity index is 695. The molecule has 0 saturated carbocycles. The van der Waals surface area contributed by atoms with Gasteiger partial charge in [-0.3, -0.25) is 0 Å². The summed E-state index contributed by atoms with van der Waals surface area (Å²) in [6.45, 7) is 0. The molecule has 0 radical (unpaired) electrons. The maximum Gasteiger partial charge on any atom is 0.336 e. The minimum atomic E-state index is -1.62. The van der Waals surface area contributed by atoms with Crippen LogP contribution in [0.25, 0.3) is 11.1 Å². The summed E-state index contributed by atoms with van der Waals surface area (Å²) in [6, 6.07) is 12.6. The Morgan fingerprint density at radius 3 is 2.71 bits per heavy atom. The zero-order chi connectivity index (χ0) is 15.0. The van der Waals surface area contributed by atoms with E-state index in [1.165, 1.54) is 0 Å². The molecule has 3 rings (SSSR count). The van der Waals surface area contributed by atoms with Crippen molar-refractivity contribution >= 4 is 5.97 Å². The van der Waals surface area contributed by atoms with Crippen molar-refractivity contribution in [2.24, 2.45) is 0 Å². The van der Waals surface area contributed by atoms with Gasteiger partial charge in [0.2, 0.25) is 0 Å². The first-order valence-corrected chi connectivity index (χ1v) is 6.46. The highest BCUT2D eigenvalue weighted by atomic mass is 16.5. The van der Waals surface area contributed by atoms with E-state index in [0.717, 1.165) is 11.1 Å². The van der Waals surface area contributed by atoms with E-state index in [1.807, 2.05) is 18.2 Å². The van der Waals surface area contributed by atoms with E-state index in [9.17, 15) is 9.90 Å². The molecule has 1 aliphatic rings. The third-order valence-electron chi connectivity index (χ3n) is 3.54. The number of benzene rings is 2. The molecular weight excluding hydrogens is 272 g/mol. The third-order valence-corrected chi connectivity index (χ3v) is 3.54. The number of carboxylic acids is 1. The highest BCUT2D eigenvalue weighted by Crippen LogP contribution is 2.44. The van der Waals surface area contributed by atoms with Gasteiger partial charge in [0.15, 0.2) is 12.2 Å². The van der Waals surface area contributed by atoms with Crippen LogP contribution in [0.1, 0.15) is 11.7 Å². The number of carbonyl (C=O) groups is 1. The molecule has 0 aromatic heterocycles. The first kappa shape index (κ1) is 13.5. The van der Waals surface area contributed by atoms with Crippen LogP contribution < -0.4 is 9.47 Å². The molecule has 2 aromatic carbocycles. The monoisotopic (exact) mass is 286 g/mol. The fraction of sp³-hybridized carbons (Fsp3) is 0.188. The summed E-state index contributed by atoms with van der Waals surface area (Å²) in [5.41, 5.74) is 2.30. The zero-order valence-electron chi connectivity index (χ0n) is 11.3. The Morgan fingerprint density at radius 1 is 1.24 bits per heavy atom. The normalized spacial score (nSPS) is 17.1. The second-order valence-electron chi connectivity index (χ2n) is 4.77. The molecule has 1 heterocycles. The fourth-order valence-corrected chi connectivity index (χ4v) is 2.50. The van der Waals surface area contributed by atoms with E-state index in [0.29, 0.717) is 17.1 Å². The number of aliphatic hydroxyl groups is 1. The van der Waals surface area contributed by atoms with E-state index >= 15 is 0 Å². The van der Waals surface area contributed by atoms with E-state index < -0.39 is 18.2 Å². The number of ether oxygens (including phenoxy) is 2. The Labute approximate surface area is 121 Å². The molecule has 0 fully saturated rings. The molecule has 5 heteroatoms. The fourth-order valence-electron chi connectivity index (χ4n) is 2.50. The maximum absolute atomic E-state index is 11.1. The van der Waals surface area contributed by atoms with Crippen LogP contribution in [-0.2, 0) is 4.79 Å². The highest BCUT2D eigenvalue weighted by Gasteiger charge is 2.35. The molecular formula is C16H14O5. The Morgan fingerprint density at radius 2 is 2.00 bits per heavy atom. The molecule has 2 N–H and O–H groups in total.